The molecule has 0 unspecified atom stereocenters. The van der Waals surface area contributed by atoms with Crippen LogP contribution in [0.5, 0.6) is 5.75 Å². The van der Waals surface area contributed by atoms with Crippen molar-refractivity contribution in [2.24, 2.45) is 5.73 Å². The zero-order chi connectivity index (χ0) is 14.2. The van der Waals surface area contributed by atoms with E-state index in [1.54, 1.807) is 12.3 Å². The standard InChI is InChI=1S/C14H18N4O2/c15-14(19)11-20-13-4-1-3-12(9-13)10-16-6-8-18-7-2-5-17-18/h1-5,7,9,16H,6,8,10-11H2,(H2,15,19). The number of ether oxygens (including phenoxy) is 1. The minimum absolute atomic E-state index is 0.101. The SMILES string of the molecule is NC(=O)COc1cccc(CNCCn2cccn2)c1. The molecule has 0 aliphatic heterocycles. The summed E-state index contributed by atoms with van der Waals surface area (Å²) < 4.78 is 7.13. The van der Waals surface area contributed by atoms with Crippen LogP contribution >= 0.6 is 0 Å². The number of primary amides is 1. The Labute approximate surface area is 117 Å². The van der Waals surface area contributed by atoms with Crippen LogP contribution in [0, 0.1) is 0 Å². The molecule has 1 heterocycles. The first kappa shape index (κ1) is 14.1. The number of benzene rings is 1. The highest BCUT2D eigenvalue weighted by atomic mass is 16.5. The maximum absolute atomic E-state index is 10.7. The molecule has 1 amide bonds. The number of amides is 1. The Kier molecular flexibility index (Phi) is 5.14. The summed E-state index contributed by atoms with van der Waals surface area (Å²) in [7, 11) is 0. The Balaban J connectivity index is 1.74. The van der Waals surface area contributed by atoms with Crippen LogP contribution in [0.25, 0.3) is 0 Å². The van der Waals surface area contributed by atoms with Gasteiger partial charge < -0.3 is 15.8 Å². The van der Waals surface area contributed by atoms with Gasteiger partial charge in [-0.1, -0.05) is 12.1 Å². The molecule has 106 valence electrons. The van der Waals surface area contributed by atoms with Gasteiger partial charge in [0.2, 0.25) is 0 Å². The fraction of sp³-hybridized carbons (Fsp3) is 0.286. The first-order chi connectivity index (χ1) is 9.74. The van der Waals surface area contributed by atoms with Crippen molar-refractivity contribution in [2.45, 2.75) is 13.1 Å². The van der Waals surface area contributed by atoms with E-state index in [1.807, 2.05) is 35.1 Å². The Hall–Kier alpha value is -2.34. The number of hydrogen-bond donors (Lipinski definition) is 2. The van der Waals surface area contributed by atoms with E-state index in [1.165, 1.54) is 0 Å². The summed E-state index contributed by atoms with van der Waals surface area (Å²) in [6.45, 7) is 2.28. The molecule has 0 aliphatic carbocycles. The topological polar surface area (TPSA) is 82.2 Å². The number of nitrogens with zero attached hydrogens (tertiary/aromatic N) is 2. The lowest BCUT2D eigenvalue weighted by Crippen LogP contribution is -2.21. The fourth-order valence-electron chi connectivity index (χ4n) is 1.76. The van der Waals surface area contributed by atoms with Gasteiger partial charge in [-0.15, -0.1) is 0 Å². The maximum atomic E-state index is 10.7. The number of aromatic nitrogens is 2. The molecule has 1 aromatic heterocycles. The second-order valence-electron chi connectivity index (χ2n) is 4.35. The second kappa shape index (κ2) is 7.30. The van der Waals surface area contributed by atoms with Gasteiger partial charge in [0, 0.05) is 25.5 Å². The van der Waals surface area contributed by atoms with Crippen LogP contribution in [0.15, 0.2) is 42.7 Å². The van der Waals surface area contributed by atoms with Gasteiger partial charge >= 0.3 is 0 Å². The molecular weight excluding hydrogens is 256 g/mol. The van der Waals surface area contributed by atoms with Crippen molar-refractivity contribution in [2.75, 3.05) is 13.2 Å². The summed E-state index contributed by atoms with van der Waals surface area (Å²) in [5, 5.41) is 7.45. The van der Waals surface area contributed by atoms with E-state index in [0.717, 1.165) is 25.2 Å². The van der Waals surface area contributed by atoms with E-state index in [2.05, 4.69) is 10.4 Å². The summed E-state index contributed by atoms with van der Waals surface area (Å²) in [6, 6.07) is 9.48. The highest BCUT2D eigenvalue weighted by Gasteiger charge is 1.99. The largest absolute Gasteiger partial charge is 0.484 e. The number of hydrogen-bond acceptors (Lipinski definition) is 4. The number of nitrogens with one attached hydrogen (secondary N) is 1. The van der Waals surface area contributed by atoms with Gasteiger partial charge in [0.15, 0.2) is 6.61 Å². The van der Waals surface area contributed by atoms with Crippen molar-refractivity contribution in [3.05, 3.63) is 48.3 Å². The molecule has 0 radical (unpaired) electrons. The average Bonchev–Trinajstić information content (AvgIpc) is 2.95. The molecule has 0 bridgehead atoms. The molecular formula is C14H18N4O2. The molecule has 6 nitrogen and oxygen atoms in total. The van der Waals surface area contributed by atoms with Crippen LogP contribution in [0.3, 0.4) is 0 Å². The van der Waals surface area contributed by atoms with Gasteiger partial charge in [-0.05, 0) is 23.8 Å². The zero-order valence-electron chi connectivity index (χ0n) is 11.2. The van der Waals surface area contributed by atoms with Crippen LogP contribution in [-0.4, -0.2) is 28.8 Å². The van der Waals surface area contributed by atoms with E-state index in [4.69, 9.17) is 10.5 Å². The van der Waals surface area contributed by atoms with Gasteiger partial charge in [-0.25, -0.2) is 0 Å². The van der Waals surface area contributed by atoms with E-state index >= 15 is 0 Å². The maximum Gasteiger partial charge on any atom is 0.255 e. The number of carbonyl (C=O) groups excluding carboxylic acids is 1. The van der Waals surface area contributed by atoms with E-state index < -0.39 is 5.91 Å². The molecule has 0 spiro atoms. The minimum Gasteiger partial charge on any atom is -0.484 e. The Bertz CT molecular complexity index is 540. The first-order valence-corrected chi connectivity index (χ1v) is 6.42. The lowest BCUT2D eigenvalue weighted by atomic mass is 10.2. The van der Waals surface area contributed by atoms with Crippen LogP contribution in [0.1, 0.15) is 5.56 Å². The van der Waals surface area contributed by atoms with Gasteiger partial charge in [-0.2, -0.15) is 5.10 Å². The lowest BCUT2D eigenvalue weighted by molar-refractivity contribution is -0.119. The van der Waals surface area contributed by atoms with Crippen molar-refractivity contribution in [3.8, 4) is 5.75 Å². The summed E-state index contributed by atoms with van der Waals surface area (Å²) in [5.41, 5.74) is 6.13. The molecule has 3 N–H and O–H groups in total. The monoisotopic (exact) mass is 274 g/mol. The highest BCUT2D eigenvalue weighted by molar-refractivity contribution is 5.75. The van der Waals surface area contributed by atoms with Crippen molar-refractivity contribution >= 4 is 5.91 Å². The van der Waals surface area contributed by atoms with E-state index in [9.17, 15) is 4.79 Å². The van der Waals surface area contributed by atoms with Crippen molar-refractivity contribution in [1.82, 2.24) is 15.1 Å². The van der Waals surface area contributed by atoms with Gasteiger partial charge in [0.1, 0.15) is 5.75 Å². The van der Waals surface area contributed by atoms with Crippen LogP contribution < -0.4 is 15.8 Å². The van der Waals surface area contributed by atoms with Gasteiger partial charge in [-0.3, -0.25) is 9.48 Å². The van der Waals surface area contributed by atoms with Crippen molar-refractivity contribution < 1.29 is 9.53 Å². The molecule has 0 fully saturated rings. The average molecular weight is 274 g/mol. The first-order valence-electron chi connectivity index (χ1n) is 6.42. The molecule has 6 heteroatoms. The number of carbonyl (C=O) groups is 1. The lowest BCUT2D eigenvalue weighted by Gasteiger charge is -2.08. The molecule has 1 aromatic carbocycles. The van der Waals surface area contributed by atoms with Crippen molar-refractivity contribution in [3.63, 3.8) is 0 Å². The third-order valence-electron chi connectivity index (χ3n) is 2.69. The van der Waals surface area contributed by atoms with Gasteiger partial charge in [0.25, 0.3) is 5.91 Å². The number of rotatable bonds is 8. The Morgan fingerprint density at radius 1 is 1.40 bits per heavy atom. The molecule has 2 aromatic rings. The predicted octanol–water partition coefficient (Wildman–Crippen LogP) is 0.537. The molecule has 0 atom stereocenters. The van der Waals surface area contributed by atoms with Gasteiger partial charge in [0.05, 0.1) is 6.54 Å². The highest BCUT2D eigenvalue weighted by Crippen LogP contribution is 2.12. The third kappa shape index (κ3) is 4.74. The molecule has 0 aliphatic rings. The fourth-order valence-corrected chi connectivity index (χ4v) is 1.76. The smallest absolute Gasteiger partial charge is 0.255 e. The van der Waals surface area contributed by atoms with Crippen LogP contribution in [0.2, 0.25) is 0 Å². The quantitative estimate of drug-likeness (QED) is 0.688. The number of nitrogens with two attached hydrogens (primary N) is 1. The third-order valence-corrected chi connectivity index (χ3v) is 2.69. The summed E-state index contributed by atoms with van der Waals surface area (Å²) in [5.74, 6) is 0.169. The molecule has 0 saturated carbocycles. The van der Waals surface area contributed by atoms with Crippen LogP contribution in [0.4, 0.5) is 0 Å². The summed E-state index contributed by atoms with van der Waals surface area (Å²) >= 11 is 0. The van der Waals surface area contributed by atoms with Crippen molar-refractivity contribution in [1.29, 1.82) is 0 Å². The molecule has 0 saturated heterocycles. The Morgan fingerprint density at radius 2 is 2.30 bits per heavy atom. The summed E-state index contributed by atoms with van der Waals surface area (Å²) in [4.78, 5) is 10.7. The molecule has 20 heavy (non-hydrogen) atoms. The zero-order valence-corrected chi connectivity index (χ0v) is 11.2. The van der Waals surface area contributed by atoms with E-state index in [0.29, 0.717) is 5.75 Å². The molecule has 2 rings (SSSR count). The minimum atomic E-state index is -0.479. The Morgan fingerprint density at radius 3 is 3.05 bits per heavy atom. The van der Waals surface area contributed by atoms with Crippen LogP contribution in [-0.2, 0) is 17.9 Å². The van der Waals surface area contributed by atoms with E-state index in [-0.39, 0.29) is 6.61 Å². The predicted molar refractivity (Wildman–Crippen MR) is 75.1 cm³/mol. The second-order valence-corrected chi connectivity index (χ2v) is 4.35. The normalized spacial score (nSPS) is 10.4. The summed E-state index contributed by atoms with van der Waals surface area (Å²) in [6.07, 6.45) is 3.69.